The quantitative estimate of drug-likeness (QED) is 0.653. The predicted octanol–water partition coefficient (Wildman–Crippen LogP) is 1.28. The number of thiazole rings is 1. The van der Waals surface area contributed by atoms with Crippen molar-refractivity contribution in [1.82, 2.24) is 4.98 Å². The second-order valence-corrected chi connectivity index (χ2v) is 6.39. The van der Waals surface area contributed by atoms with E-state index in [0.717, 1.165) is 5.71 Å². The van der Waals surface area contributed by atoms with Crippen LogP contribution in [-0.2, 0) is 18.3 Å². The molecule has 0 fully saturated rings. The van der Waals surface area contributed by atoms with Gasteiger partial charge in [0, 0.05) is 0 Å². The Morgan fingerprint density at radius 3 is 2.87 bits per heavy atom. The van der Waals surface area contributed by atoms with E-state index < -0.39 is 0 Å². The fourth-order valence-corrected chi connectivity index (χ4v) is 2.42. The summed E-state index contributed by atoms with van der Waals surface area (Å²) in [6.07, 6.45) is 11.4. The third-order valence-electron chi connectivity index (χ3n) is 1.89. The Hall–Kier alpha value is -0.927. The number of nitrogens with zero attached hydrogens (tertiary/aromatic N) is 3. The van der Waals surface area contributed by atoms with Crippen molar-refractivity contribution in [1.29, 1.82) is 0 Å². The Morgan fingerprint density at radius 2 is 2.27 bits per heavy atom. The number of hydrogen-bond acceptors (Lipinski definition) is 4. The average Bonchev–Trinajstić information content (AvgIpc) is 2.88. The van der Waals surface area contributed by atoms with Crippen LogP contribution in [0.3, 0.4) is 0 Å². The Morgan fingerprint density at radius 1 is 1.33 bits per heavy atom. The van der Waals surface area contributed by atoms with Gasteiger partial charge in [0.25, 0.3) is 0 Å². The molecular weight excluding hydrogens is 260 g/mol. The van der Waals surface area contributed by atoms with E-state index in [1.165, 1.54) is 21.9 Å². The van der Waals surface area contributed by atoms with Crippen LogP contribution in [0.25, 0.3) is 0 Å². The monoisotopic (exact) mass is 266 g/mol. The van der Waals surface area contributed by atoms with Crippen LogP contribution in [0.15, 0.2) is 45.9 Å². The van der Waals surface area contributed by atoms with Gasteiger partial charge in [0.05, 0.1) is 5.71 Å². The van der Waals surface area contributed by atoms with E-state index in [1.807, 2.05) is 35.9 Å². The Balaban J connectivity index is 0.000000124. The molecule has 1 unspecified atom stereocenters. The van der Waals surface area contributed by atoms with Crippen LogP contribution >= 0.6 is 11.3 Å². The SMILES string of the molecule is C1=CC2=NC=NC2C=C1.[Zn][c]1nccs1. The zero-order chi connectivity index (χ0) is 10.5. The average molecular weight is 268 g/mol. The van der Waals surface area contributed by atoms with Gasteiger partial charge in [-0.2, -0.15) is 0 Å². The summed E-state index contributed by atoms with van der Waals surface area (Å²) in [7, 11) is 0. The first-order valence-electron chi connectivity index (χ1n) is 4.52. The first-order chi connectivity index (χ1) is 7.36. The van der Waals surface area contributed by atoms with E-state index in [9.17, 15) is 0 Å². The molecule has 0 aromatic carbocycles. The molecule has 15 heavy (non-hydrogen) atoms. The molecule has 0 N–H and O–H groups in total. The molecule has 5 heteroatoms. The number of fused-ring (bicyclic) bond motifs is 1. The molecule has 0 saturated heterocycles. The summed E-state index contributed by atoms with van der Waals surface area (Å²) in [5.41, 5.74) is 1.05. The van der Waals surface area contributed by atoms with Gasteiger partial charge < -0.3 is 0 Å². The van der Waals surface area contributed by atoms with Crippen molar-refractivity contribution in [3.8, 4) is 0 Å². The van der Waals surface area contributed by atoms with Gasteiger partial charge >= 0.3 is 49.8 Å². The number of aromatic nitrogens is 1. The van der Waals surface area contributed by atoms with E-state index >= 15 is 0 Å². The van der Waals surface area contributed by atoms with Crippen molar-refractivity contribution in [3.63, 3.8) is 0 Å². The van der Waals surface area contributed by atoms with Crippen LogP contribution in [0.2, 0.25) is 0 Å². The predicted molar refractivity (Wildman–Crippen MR) is 59.7 cm³/mol. The number of allylic oxidation sites excluding steroid dienone is 2. The molecule has 1 aliphatic heterocycles. The minimum absolute atomic E-state index is 0.218. The maximum atomic E-state index is 4.09. The molecule has 0 radical (unpaired) electrons. The number of hydrogen-bond donors (Lipinski definition) is 0. The zero-order valence-corrected chi connectivity index (χ0v) is 11.9. The van der Waals surface area contributed by atoms with Gasteiger partial charge in [0.15, 0.2) is 0 Å². The topological polar surface area (TPSA) is 37.6 Å². The van der Waals surface area contributed by atoms with E-state index in [2.05, 4.69) is 15.0 Å². The van der Waals surface area contributed by atoms with Gasteiger partial charge in [0.2, 0.25) is 0 Å². The van der Waals surface area contributed by atoms with Gasteiger partial charge in [-0.3, -0.25) is 4.99 Å². The van der Waals surface area contributed by atoms with Crippen molar-refractivity contribution >= 4 is 27.0 Å². The second kappa shape index (κ2) is 5.24. The van der Waals surface area contributed by atoms with Crippen molar-refractivity contribution in [2.45, 2.75) is 6.04 Å². The molecule has 0 bridgehead atoms. The van der Waals surface area contributed by atoms with Gasteiger partial charge in [0.1, 0.15) is 12.4 Å². The summed E-state index contributed by atoms with van der Waals surface area (Å²) in [5, 5.41) is 2.00. The normalized spacial score (nSPS) is 20.7. The first kappa shape index (κ1) is 10.6. The van der Waals surface area contributed by atoms with Crippen molar-refractivity contribution in [3.05, 3.63) is 35.9 Å². The minimum atomic E-state index is 0.218. The van der Waals surface area contributed by atoms with E-state index in [1.54, 1.807) is 17.7 Å². The zero-order valence-electron chi connectivity index (χ0n) is 8.08. The molecule has 1 atom stereocenters. The molecule has 0 spiro atoms. The van der Waals surface area contributed by atoms with Gasteiger partial charge in [-0.05, 0) is 6.08 Å². The number of rotatable bonds is 0. The fraction of sp³-hybridized carbons (Fsp3) is 0.100. The summed E-state index contributed by atoms with van der Waals surface area (Å²) < 4.78 is 1.26. The molecule has 3 nitrogen and oxygen atoms in total. The molecular formula is C10H8N3SZn. The molecule has 1 aromatic heterocycles. The van der Waals surface area contributed by atoms with Crippen LogP contribution in [0.1, 0.15) is 0 Å². The van der Waals surface area contributed by atoms with Gasteiger partial charge in [-0.1, -0.05) is 18.2 Å². The molecule has 1 aliphatic carbocycles. The van der Waals surface area contributed by atoms with Crippen LogP contribution in [0.5, 0.6) is 0 Å². The summed E-state index contributed by atoms with van der Waals surface area (Å²) in [6.45, 7) is 0. The van der Waals surface area contributed by atoms with Crippen molar-refractivity contribution < 1.29 is 18.3 Å². The second-order valence-electron chi connectivity index (χ2n) is 2.93. The third-order valence-corrected chi connectivity index (χ3v) is 3.96. The van der Waals surface area contributed by atoms with Crippen molar-refractivity contribution in [2.75, 3.05) is 0 Å². The van der Waals surface area contributed by atoms with Crippen molar-refractivity contribution in [2.24, 2.45) is 9.98 Å². The van der Waals surface area contributed by atoms with Crippen LogP contribution < -0.4 is 3.60 Å². The molecule has 0 amide bonds. The molecule has 1 aromatic rings. The Kier molecular flexibility index (Phi) is 3.70. The van der Waals surface area contributed by atoms with Gasteiger partial charge in [-0.25, -0.2) is 4.99 Å². The summed E-state index contributed by atoms with van der Waals surface area (Å²) in [6, 6.07) is 0.218. The van der Waals surface area contributed by atoms with E-state index in [0.29, 0.717) is 0 Å². The third kappa shape index (κ3) is 3.01. The van der Waals surface area contributed by atoms with Crippen LogP contribution in [-0.4, -0.2) is 23.1 Å². The Labute approximate surface area is 102 Å². The van der Waals surface area contributed by atoms with Gasteiger partial charge in [-0.15, -0.1) is 0 Å². The standard InChI is InChI=1S/C7H6N2.C3H2NS.Zn/c1-2-4-7-6(3-1)8-5-9-7;1-2-5-3-4-1;/h1-6H;1-2H;. The molecule has 2 aliphatic rings. The maximum absolute atomic E-state index is 4.09. The fourth-order valence-electron chi connectivity index (χ4n) is 1.19. The van der Waals surface area contributed by atoms with E-state index in [-0.39, 0.29) is 6.04 Å². The molecule has 0 saturated carbocycles. The summed E-state index contributed by atoms with van der Waals surface area (Å²) >= 11 is 2.91. The van der Waals surface area contributed by atoms with Crippen LogP contribution in [0, 0.1) is 0 Å². The summed E-state index contributed by atoms with van der Waals surface area (Å²) in [4.78, 5) is 12.1. The van der Waals surface area contributed by atoms with Crippen LogP contribution in [0.4, 0.5) is 0 Å². The number of aliphatic imine (C=N–C) groups is 2. The first-order valence-corrected chi connectivity index (χ1v) is 6.88. The molecule has 3 rings (SSSR count). The van der Waals surface area contributed by atoms with E-state index in [4.69, 9.17) is 0 Å². The Bertz CT molecular complexity index is 432. The molecule has 2 heterocycles. The molecule has 71 valence electrons. The summed E-state index contributed by atoms with van der Waals surface area (Å²) in [5.74, 6) is 0.